The van der Waals surface area contributed by atoms with Crippen LogP contribution in [0.15, 0.2) is 35.3 Å². The predicted octanol–water partition coefficient (Wildman–Crippen LogP) is 1.31. The zero-order chi connectivity index (χ0) is 21.4. The van der Waals surface area contributed by atoms with Gasteiger partial charge in [-0.15, -0.1) is 0 Å². The van der Waals surface area contributed by atoms with Gasteiger partial charge in [-0.05, 0) is 17.4 Å². The van der Waals surface area contributed by atoms with E-state index in [0.29, 0.717) is 32.8 Å². The molecular weight excluding hydrogens is 378 g/mol. The third-order valence-corrected chi connectivity index (χ3v) is 5.86. The molecule has 2 aliphatic rings. The first kappa shape index (κ1) is 22.6. The maximum absolute atomic E-state index is 12.5. The minimum Gasteiger partial charge on any atom is -0.378 e. The molecule has 0 aromatic heterocycles. The quantitative estimate of drug-likeness (QED) is 0.561. The summed E-state index contributed by atoms with van der Waals surface area (Å²) in [4.78, 5) is 23.5. The van der Waals surface area contributed by atoms with E-state index in [1.165, 1.54) is 5.56 Å². The number of piperazine rings is 1. The van der Waals surface area contributed by atoms with Gasteiger partial charge in [0.05, 0.1) is 19.8 Å². The van der Waals surface area contributed by atoms with Gasteiger partial charge >= 0.3 is 0 Å². The maximum Gasteiger partial charge on any atom is 0.236 e. The number of amides is 1. The number of nitrogens with one attached hydrogen (secondary N) is 1. The first-order chi connectivity index (χ1) is 14.5. The van der Waals surface area contributed by atoms with Crippen molar-refractivity contribution in [1.29, 1.82) is 0 Å². The molecule has 2 heterocycles. The van der Waals surface area contributed by atoms with Gasteiger partial charge in [-0.3, -0.25) is 14.7 Å². The molecule has 0 saturated carbocycles. The van der Waals surface area contributed by atoms with Crippen LogP contribution in [0.3, 0.4) is 0 Å². The van der Waals surface area contributed by atoms with Gasteiger partial charge < -0.3 is 19.9 Å². The van der Waals surface area contributed by atoms with Crippen LogP contribution < -0.4 is 5.32 Å². The number of morpholine rings is 1. The molecule has 166 valence electrons. The minimum atomic E-state index is 0.129. The maximum atomic E-state index is 12.5. The molecule has 30 heavy (non-hydrogen) atoms. The van der Waals surface area contributed by atoms with Crippen LogP contribution in [0.1, 0.15) is 19.4 Å². The number of ether oxygens (including phenoxy) is 1. The molecule has 0 spiro atoms. The third-order valence-electron chi connectivity index (χ3n) is 5.86. The normalized spacial score (nSPS) is 19.1. The van der Waals surface area contributed by atoms with E-state index in [1.807, 2.05) is 11.9 Å². The van der Waals surface area contributed by atoms with E-state index in [0.717, 1.165) is 45.1 Å². The van der Waals surface area contributed by atoms with E-state index in [4.69, 9.17) is 4.74 Å². The number of hydrogen-bond donors (Lipinski definition) is 1. The number of benzene rings is 1. The molecule has 2 saturated heterocycles. The van der Waals surface area contributed by atoms with Crippen LogP contribution in [0, 0.1) is 5.41 Å². The summed E-state index contributed by atoms with van der Waals surface area (Å²) in [5, 5.41) is 3.58. The number of nitrogens with zero attached hydrogens (tertiary/aromatic N) is 4. The van der Waals surface area contributed by atoms with Crippen molar-refractivity contribution >= 4 is 11.9 Å². The topological polar surface area (TPSA) is 60.4 Å². The second kappa shape index (κ2) is 10.8. The van der Waals surface area contributed by atoms with Gasteiger partial charge in [-0.1, -0.05) is 44.2 Å². The first-order valence-electron chi connectivity index (χ1n) is 11.0. The summed E-state index contributed by atoms with van der Waals surface area (Å²) in [6.07, 6.45) is 1.02. The Labute approximate surface area is 181 Å². The van der Waals surface area contributed by atoms with Gasteiger partial charge in [0.2, 0.25) is 5.91 Å². The molecule has 3 rings (SSSR count). The molecule has 1 amide bonds. The van der Waals surface area contributed by atoms with E-state index in [1.54, 1.807) is 0 Å². The second-order valence-electron chi connectivity index (χ2n) is 8.98. The molecule has 2 aliphatic heterocycles. The lowest BCUT2D eigenvalue weighted by Gasteiger charge is -2.38. The zero-order valence-electron chi connectivity index (χ0n) is 18.8. The number of aliphatic imine (C=N–C) groups is 1. The van der Waals surface area contributed by atoms with Crippen molar-refractivity contribution in [2.75, 3.05) is 72.6 Å². The largest absolute Gasteiger partial charge is 0.378 e. The average molecular weight is 416 g/mol. The van der Waals surface area contributed by atoms with Crippen LogP contribution in [-0.2, 0) is 16.0 Å². The molecule has 0 radical (unpaired) electrons. The van der Waals surface area contributed by atoms with Crippen LogP contribution in [-0.4, -0.2) is 99.2 Å². The lowest BCUT2D eigenvalue weighted by molar-refractivity contribution is -0.136. The van der Waals surface area contributed by atoms with Crippen molar-refractivity contribution in [3.05, 3.63) is 35.9 Å². The van der Waals surface area contributed by atoms with Crippen LogP contribution in [0.2, 0.25) is 0 Å². The average Bonchev–Trinajstić information content (AvgIpc) is 2.76. The number of guanidine groups is 1. The standard InChI is InChI=1S/C23H37N5O2/c1-23(2,17-20-7-5-4-6-8-20)19-25-22(24-3)28-11-9-26(10-12-28)18-21(29)27-13-15-30-16-14-27/h4-8H,9-19H2,1-3H3,(H,24,25). The summed E-state index contributed by atoms with van der Waals surface area (Å²) in [5.74, 6) is 1.17. The zero-order valence-corrected chi connectivity index (χ0v) is 18.8. The van der Waals surface area contributed by atoms with Crippen molar-refractivity contribution in [1.82, 2.24) is 20.0 Å². The summed E-state index contributed by atoms with van der Waals surface area (Å²) in [7, 11) is 1.85. The summed E-state index contributed by atoms with van der Waals surface area (Å²) >= 11 is 0. The van der Waals surface area contributed by atoms with E-state index in [-0.39, 0.29) is 11.3 Å². The molecule has 1 aromatic rings. The Kier molecular flexibility index (Phi) is 8.10. The van der Waals surface area contributed by atoms with Crippen molar-refractivity contribution in [3.8, 4) is 0 Å². The van der Waals surface area contributed by atoms with Crippen LogP contribution >= 0.6 is 0 Å². The van der Waals surface area contributed by atoms with Gasteiger partial charge in [0.25, 0.3) is 0 Å². The fourth-order valence-electron chi connectivity index (χ4n) is 4.08. The molecule has 0 bridgehead atoms. The smallest absolute Gasteiger partial charge is 0.236 e. The highest BCUT2D eigenvalue weighted by Crippen LogP contribution is 2.21. The van der Waals surface area contributed by atoms with Gasteiger partial charge in [0, 0.05) is 52.9 Å². The Morgan fingerprint density at radius 1 is 1.03 bits per heavy atom. The van der Waals surface area contributed by atoms with Gasteiger partial charge in [-0.2, -0.15) is 0 Å². The molecular formula is C23H37N5O2. The Balaban J connectivity index is 1.42. The molecule has 7 heteroatoms. The third kappa shape index (κ3) is 6.71. The summed E-state index contributed by atoms with van der Waals surface area (Å²) in [6.45, 7) is 12.2. The number of carbonyl (C=O) groups excluding carboxylic acids is 1. The summed E-state index contributed by atoms with van der Waals surface area (Å²) in [6, 6.07) is 10.6. The highest BCUT2D eigenvalue weighted by Gasteiger charge is 2.25. The molecule has 0 unspecified atom stereocenters. The summed E-state index contributed by atoms with van der Waals surface area (Å²) in [5.41, 5.74) is 1.49. The highest BCUT2D eigenvalue weighted by molar-refractivity contribution is 5.80. The van der Waals surface area contributed by atoms with Gasteiger partial charge in [0.1, 0.15) is 0 Å². The lowest BCUT2D eigenvalue weighted by atomic mass is 9.86. The Morgan fingerprint density at radius 3 is 2.33 bits per heavy atom. The molecule has 2 fully saturated rings. The van der Waals surface area contributed by atoms with Crippen molar-refractivity contribution in [2.45, 2.75) is 20.3 Å². The Morgan fingerprint density at radius 2 is 1.70 bits per heavy atom. The molecule has 1 aromatic carbocycles. The van der Waals surface area contributed by atoms with Crippen molar-refractivity contribution in [2.24, 2.45) is 10.4 Å². The van der Waals surface area contributed by atoms with E-state index in [2.05, 4.69) is 64.3 Å². The van der Waals surface area contributed by atoms with E-state index in [9.17, 15) is 4.79 Å². The van der Waals surface area contributed by atoms with E-state index < -0.39 is 0 Å². The van der Waals surface area contributed by atoms with Gasteiger partial charge in [0.15, 0.2) is 5.96 Å². The van der Waals surface area contributed by atoms with Crippen molar-refractivity contribution in [3.63, 3.8) is 0 Å². The Hall–Kier alpha value is -2.12. The molecule has 0 aliphatic carbocycles. The lowest BCUT2D eigenvalue weighted by Crippen LogP contribution is -2.55. The van der Waals surface area contributed by atoms with Crippen LogP contribution in [0.5, 0.6) is 0 Å². The fourth-order valence-corrected chi connectivity index (χ4v) is 4.08. The molecule has 0 atom stereocenters. The Bertz CT molecular complexity index is 693. The predicted molar refractivity (Wildman–Crippen MR) is 121 cm³/mol. The van der Waals surface area contributed by atoms with Crippen LogP contribution in [0.4, 0.5) is 0 Å². The summed E-state index contributed by atoms with van der Waals surface area (Å²) < 4.78 is 5.34. The number of hydrogen-bond acceptors (Lipinski definition) is 4. The van der Waals surface area contributed by atoms with E-state index >= 15 is 0 Å². The highest BCUT2D eigenvalue weighted by atomic mass is 16.5. The van der Waals surface area contributed by atoms with Crippen molar-refractivity contribution < 1.29 is 9.53 Å². The number of rotatable bonds is 6. The molecule has 1 N–H and O–H groups in total. The van der Waals surface area contributed by atoms with Crippen LogP contribution in [0.25, 0.3) is 0 Å². The number of carbonyl (C=O) groups is 1. The second-order valence-corrected chi connectivity index (χ2v) is 8.98. The first-order valence-corrected chi connectivity index (χ1v) is 11.0. The SMILES string of the molecule is CN=C(NCC(C)(C)Cc1ccccc1)N1CCN(CC(=O)N2CCOCC2)CC1. The molecule has 7 nitrogen and oxygen atoms in total. The minimum absolute atomic E-state index is 0.129. The van der Waals surface area contributed by atoms with Gasteiger partial charge in [-0.25, -0.2) is 0 Å². The fraction of sp³-hybridized carbons (Fsp3) is 0.652. The monoisotopic (exact) mass is 415 g/mol.